The van der Waals surface area contributed by atoms with Gasteiger partial charge >= 0.3 is 12.0 Å². The van der Waals surface area contributed by atoms with Crippen LogP contribution in [0.25, 0.3) is 0 Å². The fourth-order valence-electron chi connectivity index (χ4n) is 2.14. The average Bonchev–Trinajstić information content (AvgIpc) is 2.56. The lowest BCUT2D eigenvalue weighted by atomic mass is 10.1. The van der Waals surface area contributed by atoms with Gasteiger partial charge in [-0.15, -0.1) is 0 Å². The number of hydrogen-bond donors (Lipinski definition) is 2. The maximum absolute atomic E-state index is 12.0. The zero-order valence-electron chi connectivity index (χ0n) is 14.8. The molecule has 0 unspecified atom stereocenters. The van der Waals surface area contributed by atoms with Crippen LogP contribution in [0.1, 0.15) is 25.8 Å². The van der Waals surface area contributed by atoms with Crippen LogP contribution in [-0.2, 0) is 20.7 Å². The first-order chi connectivity index (χ1) is 11.8. The summed E-state index contributed by atoms with van der Waals surface area (Å²) >= 11 is 0. The third kappa shape index (κ3) is 6.70. The average molecular weight is 352 g/mol. The number of aryl methyl sites for hydroxylation is 1. The molecule has 1 aromatic rings. The molecule has 0 heterocycles. The van der Waals surface area contributed by atoms with Gasteiger partial charge in [0.1, 0.15) is 11.5 Å². The highest BCUT2D eigenvalue weighted by Crippen LogP contribution is 2.23. The van der Waals surface area contributed by atoms with Crippen molar-refractivity contribution >= 4 is 17.9 Å². The van der Waals surface area contributed by atoms with E-state index >= 15 is 0 Å². The second-order valence-corrected chi connectivity index (χ2v) is 5.73. The van der Waals surface area contributed by atoms with Gasteiger partial charge < -0.3 is 19.9 Å². The van der Waals surface area contributed by atoms with E-state index in [9.17, 15) is 14.4 Å². The van der Waals surface area contributed by atoms with E-state index in [1.165, 1.54) is 14.2 Å². The molecule has 1 aromatic carbocycles. The molecule has 0 aliphatic carbocycles. The molecule has 0 fully saturated rings. The highest BCUT2D eigenvalue weighted by atomic mass is 16.5. The van der Waals surface area contributed by atoms with Crippen molar-refractivity contribution in [2.75, 3.05) is 14.2 Å². The maximum atomic E-state index is 12.0. The van der Waals surface area contributed by atoms with Crippen molar-refractivity contribution in [1.82, 2.24) is 5.32 Å². The maximum Gasteiger partial charge on any atom is 0.318 e. The number of nitrogens with one attached hydrogen (secondary N) is 1. The zero-order chi connectivity index (χ0) is 19.0. The van der Waals surface area contributed by atoms with Crippen molar-refractivity contribution in [1.29, 1.82) is 0 Å². The Morgan fingerprint density at radius 3 is 2.08 bits per heavy atom. The van der Waals surface area contributed by atoms with Gasteiger partial charge in [-0.05, 0) is 30.0 Å². The summed E-state index contributed by atoms with van der Waals surface area (Å²) in [6.45, 7) is 3.40. The van der Waals surface area contributed by atoms with Gasteiger partial charge in [0.2, 0.25) is 0 Å². The number of nitrogens with two attached hydrogens (primary N) is 1. The minimum atomic E-state index is -1.08. The van der Waals surface area contributed by atoms with Crippen molar-refractivity contribution in [2.24, 2.45) is 11.7 Å². The van der Waals surface area contributed by atoms with Gasteiger partial charge in [-0.3, -0.25) is 14.9 Å². The first-order valence-electron chi connectivity index (χ1n) is 7.78. The molecule has 8 heteroatoms. The number of hydrogen-bond acceptors (Lipinski definition) is 6. The fraction of sp³-hybridized carbons (Fsp3) is 0.471. The summed E-state index contributed by atoms with van der Waals surface area (Å²) < 4.78 is 15.5. The molecular formula is C17H24N2O6. The molecule has 0 bridgehead atoms. The van der Waals surface area contributed by atoms with Gasteiger partial charge in [0, 0.05) is 12.5 Å². The molecule has 1 rings (SSSR count). The minimum Gasteiger partial charge on any atom is -0.497 e. The molecule has 1 atom stereocenters. The summed E-state index contributed by atoms with van der Waals surface area (Å²) in [6, 6.07) is 4.31. The number of carbonyl (C=O) groups is 3. The van der Waals surface area contributed by atoms with Crippen LogP contribution in [0.2, 0.25) is 0 Å². The largest absolute Gasteiger partial charge is 0.497 e. The first kappa shape index (κ1) is 20.3. The Morgan fingerprint density at radius 1 is 1.08 bits per heavy atom. The summed E-state index contributed by atoms with van der Waals surface area (Å²) in [4.78, 5) is 34.7. The molecule has 138 valence electrons. The molecule has 0 spiro atoms. The highest BCUT2D eigenvalue weighted by Gasteiger charge is 2.27. The number of amides is 3. The molecule has 25 heavy (non-hydrogen) atoms. The van der Waals surface area contributed by atoms with Crippen LogP contribution in [0.15, 0.2) is 18.2 Å². The molecular weight excluding hydrogens is 328 g/mol. The van der Waals surface area contributed by atoms with E-state index in [2.05, 4.69) is 0 Å². The molecule has 0 aliphatic rings. The van der Waals surface area contributed by atoms with Gasteiger partial charge in [-0.25, -0.2) is 4.79 Å². The van der Waals surface area contributed by atoms with Crippen LogP contribution in [0, 0.1) is 5.92 Å². The van der Waals surface area contributed by atoms with Gasteiger partial charge in [-0.2, -0.15) is 0 Å². The van der Waals surface area contributed by atoms with Gasteiger partial charge in [-0.1, -0.05) is 13.8 Å². The van der Waals surface area contributed by atoms with Gasteiger partial charge in [0.05, 0.1) is 14.2 Å². The van der Waals surface area contributed by atoms with E-state index in [0.717, 1.165) is 5.56 Å². The van der Waals surface area contributed by atoms with Crippen molar-refractivity contribution in [3.8, 4) is 11.5 Å². The number of benzene rings is 1. The van der Waals surface area contributed by atoms with Crippen molar-refractivity contribution in [2.45, 2.75) is 32.8 Å². The number of imide groups is 1. The number of primary amides is 1. The smallest absolute Gasteiger partial charge is 0.318 e. The molecule has 8 nitrogen and oxygen atoms in total. The molecule has 0 saturated heterocycles. The van der Waals surface area contributed by atoms with Crippen LogP contribution in [-0.4, -0.2) is 38.2 Å². The quantitative estimate of drug-likeness (QED) is 0.683. The van der Waals surface area contributed by atoms with Gasteiger partial charge in [0.25, 0.3) is 5.91 Å². The van der Waals surface area contributed by atoms with Crippen LogP contribution in [0.4, 0.5) is 4.79 Å². The number of urea groups is 1. The van der Waals surface area contributed by atoms with E-state index in [0.29, 0.717) is 17.9 Å². The summed E-state index contributed by atoms with van der Waals surface area (Å²) in [5, 5.41) is 1.92. The predicted octanol–water partition coefficient (Wildman–Crippen LogP) is 1.40. The van der Waals surface area contributed by atoms with E-state index < -0.39 is 24.0 Å². The fourth-order valence-corrected chi connectivity index (χ4v) is 2.14. The van der Waals surface area contributed by atoms with Crippen LogP contribution in [0.3, 0.4) is 0 Å². The van der Waals surface area contributed by atoms with Crippen LogP contribution >= 0.6 is 0 Å². The molecule has 3 N–H and O–H groups in total. The Morgan fingerprint density at radius 2 is 1.64 bits per heavy atom. The Bertz CT molecular complexity index is 607. The van der Waals surface area contributed by atoms with Crippen molar-refractivity contribution in [3.05, 3.63) is 23.8 Å². The number of esters is 1. The Kier molecular flexibility index (Phi) is 7.71. The van der Waals surface area contributed by atoms with E-state index in [1.807, 2.05) is 5.32 Å². The van der Waals surface area contributed by atoms with E-state index in [1.54, 1.807) is 32.0 Å². The van der Waals surface area contributed by atoms with Crippen LogP contribution in [0.5, 0.6) is 11.5 Å². The number of carbonyl (C=O) groups excluding carboxylic acids is 3. The molecule has 0 saturated carbocycles. The normalized spacial score (nSPS) is 11.6. The standard InChI is InChI=1S/C17H24N2O6/c1-10(2)15(16(21)19-17(18)22)25-14(20)6-5-11-7-12(23-3)9-13(8-11)24-4/h7-10,15H,5-6H2,1-4H3,(H3,18,19,21,22)/t15-/m1/s1. The predicted molar refractivity (Wildman–Crippen MR) is 90.3 cm³/mol. The Labute approximate surface area is 146 Å². The summed E-state index contributed by atoms with van der Waals surface area (Å²) in [5.41, 5.74) is 5.75. The number of methoxy groups -OCH3 is 2. The molecule has 0 aliphatic heterocycles. The second-order valence-electron chi connectivity index (χ2n) is 5.73. The van der Waals surface area contributed by atoms with E-state index in [-0.39, 0.29) is 12.3 Å². The second kappa shape index (κ2) is 9.51. The summed E-state index contributed by atoms with van der Waals surface area (Å²) in [6.07, 6.45) is -0.641. The minimum absolute atomic E-state index is 0.0589. The molecule has 0 radical (unpaired) electrons. The Balaban J connectivity index is 2.69. The van der Waals surface area contributed by atoms with Crippen molar-refractivity contribution in [3.63, 3.8) is 0 Å². The van der Waals surface area contributed by atoms with Crippen molar-refractivity contribution < 1.29 is 28.6 Å². The number of rotatable bonds is 8. The summed E-state index contributed by atoms with van der Waals surface area (Å²) in [7, 11) is 3.08. The monoisotopic (exact) mass is 352 g/mol. The topological polar surface area (TPSA) is 117 Å². The SMILES string of the molecule is COc1cc(CCC(=O)O[C@@H](C(=O)NC(N)=O)C(C)C)cc(OC)c1. The lowest BCUT2D eigenvalue weighted by Crippen LogP contribution is -2.45. The third-order valence-corrected chi connectivity index (χ3v) is 3.40. The lowest BCUT2D eigenvalue weighted by molar-refractivity contribution is -0.158. The summed E-state index contributed by atoms with van der Waals surface area (Å²) in [5.74, 6) is -0.369. The molecule has 0 aromatic heterocycles. The highest BCUT2D eigenvalue weighted by molar-refractivity contribution is 5.96. The first-order valence-corrected chi connectivity index (χ1v) is 7.78. The number of ether oxygens (including phenoxy) is 3. The zero-order valence-corrected chi connectivity index (χ0v) is 14.8. The van der Waals surface area contributed by atoms with E-state index in [4.69, 9.17) is 19.9 Å². The third-order valence-electron chi connectivity index (χ3n) is 3.40. The van der Waals surface area contributed by atoms with Crippen LogP contribution < -0.4 is 20.5 Å². The molecule has 3 amide bonds. The lowest BCUT2D eigenvalue weighted by Gasteiger charge is -2.19. The Hall–Kier alpha value is -2.77. The van der Waals surface area contributed by atoms with Gasteiger partial charge in [0.15, 0.2) is 6.10 Å².